The first-order valence-corrected chi connectivity index (χ1v) is 5.12. The number of hydrogen-bond acceptors (Lipinski definition) is 1. The molecule has 0 saturated heterocycles. The third-order valence-corrected chi connectivity index (χ3v) is 2.17. The van der Waals surface area contributed by atoms with Crippen LogP contribution in [-0.4, -0.2) is 11.7 Å². The number of benzene rings is 1. The van der Waals surface area contributed by atoms with Gasteiger partial charge in [0.05, 0.1) is 5.88 Å². The van der Waals surface area contributed by atoms with Gasteiger partial charge in [-0.25, -0.2) is 0 Å². The summed E-state index contributed by atoms with van der Waals surface area (Å²) in [6.07, 6.45) is 1.95. The third-order valence-electron chi connectivity index (χ3n) is 1.67. The van der Waals surface area contributed by atoms with Crippen molar-refractivity contribution >= 4 is 29.0 Å². The molecule has 0 saturated carbocycles. The third kappa shape index (κ3) is 3.95. The molecular formula is C11H10Cl2O. The van der Waals surface area contributed by atoms with Crippen molar-refractivity contribution in [2.24, 2.45) is 0 Å². The van der Waals surface area contributed by atoms with E-state index >= 15 is 0 Å². The van der Waals surface area contributed by atoms with Crippen molar-refractivity contribution in [3.63, 3.8) is 0 Å². The van der Waals surface area contributed by atoms with Crippen LogP contribution in [0.5, 0.6) is 0 Å². The van der Waals surface area contributed by atoms with E-state index in [1.807, 2.05) is 30.3 Å². The lowest BCUT2D eigenvalue weighted by molar-refractivity contribution is -0.112. The number of allylic oxidation sites excluding steroid dienone is 2. The Bertz CT molecular complexity index is 330. The lowest BCUT2D eigenvalue weighted by Gasteiger charge is -1.98. The quantitative estimate of drug-likeness (QED) is 0.572. The number of halogens is 2. The number of rotatable bonds is 4. The molecule has 1 aromatic carbocycles. The average Bonchev–Trinajstić information content (AvgIpc) is 2.19. The molecule has 0 aromatic heterocycles. The lowest BCUT2D eigenvalue weighted by atomic mass is 10.1. The van der Waals surface area contributed by atoms with Crippen LogP contribution in [0.3, 0.4) is 0 Å². The van der Waals surface area contributed by atoms with Crippen LogP contribution in [0.1, 0.15) is 5.56 Å². The number of hydrogen-bond donors (Lipinski definition) is 0. The Balaban J connectivity index is 2.61. The normalized spacial score (nSPS) is 11.4. The van der Waals surface area contributed by atoms with Gasteiger partial charge in [0.15, 0.2) is 5.78 Å². The van der Waals surface area contributed by atoms with Gasteiger partial charge in [-0.05, 0) is 11.6 Å². The summed E-state index contributed by atoms with van der Waals surface area (Å²) in [5.74, 6) is -0.182. The van der Waals surface area contributed by atoms with E-state index in [2.05, 4.69) is 0 Å². The van der Waals surface area contributed by atoms with Gasteiger partial charge < -0.3 is 0 Å². The van der Waals surface area contributed by atoms with Crippen molar-refractivity contribution in [2.45, 2.75) is 6.42 Å². The molecule has 0 aliphatic rings. The van der Waals surface area contributed by atoms with E-state index in [0.29, 0.717) is 11.5 Å². The van der Waals surface area contributed by atoms with Crippen LogP contribution >= 0.6 is 23.2 Å². The van der Waals surface area contributed by atoms with Crippen LogP contribution in [0.15, 0.2) is 41.4 Å². The molecule has 0 atom stereocenters. The fourth-order valence-electron chi connectivity index (χ4n) is 1.06. The van der Waals surface area contributed by atoms with Crippen molar-refractivity contribution in [3.05, 3.63) is 47.0 Å². The molecular weight excluding hydrogens is 219 g/mol. The highest BCUT2D eigenvalue weighted by Crippen LogP contribution is 2.11. The predicted molar refractivity (Wildman–Crippen MR) is 59.8 cm³/mol. The first kappa shape index (κ1) is 11.3. The zero-order valence-electron chi connectivity index (χ0n) is 7.54. The molecule has 0 N–H and O–H groups in total. The summed E-state index contributed by atoms with van der Waals surface area (Å²) in [7, 11) is 0. The highest BCUT2D eigenvalue weighted by atomic mass is 35.5. The molecule has 0 aliphatic carbocycles. The molecule has 0 radical (unpaired) electrons. The Morgan fingerprint density at radius 2 is 1.93 bits per heavy atom. The number of alkyl halides is 1. The topological polar surface area (TPSA) is 17.1 Å². The lowest BCUT2D eigenvalue weighted by Crippen LogP contribution is -1.95. The van der Waals surface area contributed by atoms with Gasteiger partial charge in [0.25, 0.3) is 0 Å². The minimum Gasteiger partial charge on any atom is -0.293 e. The fourth-order valence-corrected chi connectivity index (χ4v) is 1.41. The molecule has 74 valence electrons. The molecule has 0 aliphatic heterocycles. The van der Waals surface area contributed by atoms with Gasteiger partial charge in [-0.1, -0.05) is 41.9 Å². The second-order valence-electron chi connectivity index (χ2n) is 2.85. The maximum absolute atomic E-state index is 10.9. The average molecular weight is 229 g/mol. The summed E-state index contributed by atoms with van der Waals surface area (Å²) < 4.78 is 0. The summed E-state index contributed by atoms with van der Waals surface area (Å²) in [4.78, 5) is 10.9. The first-order valence-electron chi connectivity index (χ1n) is 4.21. The van der Waals surface area contributed by atoms with Crippen LogP contribution < -0.4 is 0 Å². The van der Waals surface area contributed by atoms with E-state index in [1.165, 1.54) is 6.08 Å². The minimum absolute atomic E-state index is 0.0228. The van der Waals surface area contributed by atoms with Crippen molar-refractivity contribution in [1.82, 2.24) is 0 Å². The van der Waals surface area contributed by atoms with Crippen molar-refractivity contribution in [1.29, 1.82) is 0 Å². The van der Waals surface area contributed by atoms with Crippen molar-refractivity contribution < 1.29 is 4.79 Å². The number of ketones is 1. The summed E-state index contributed by atoms with van der Waals surface area (Å²) in [5.41, 5.74) is 1.08. The predicted octanol–water partition coefficient (Wildman–Crippen LogP) is 3.16. The van der Waals surface area contributed by atoms with Crippen LogP contribution in [-0.2, 0) is 11.2 Å². The summed E-state index contributed by atoms with van der Waals surface area (Å²) in [6, 6.07) is 9.72. The number of carbonyl (C=O) groups is 1. The highest BCUT2D eigenvalue weighted by molar-refractivity contribution is 6.34. The molecule has 0 fully saturated rings. The van der Waals surface area contributed by atoms with Gasteiger partial charge in [0, 0.05) is 11.5 Å². The molecule has 1 aromatic rings. The molecule has 1 rings (SSSR count). The Labute approximate surface area is 93.3 Å². The molecule has 14 heavy (non-hydrogen) atoms. The van der Waals surface area contributed by atoms with Gasteiger partial charge in [-0.2, -0.15) is 0 Å². The van der Waals surface area contributed by atoms with Gasteiger partial charge in [-0.15, -0.1) is 11.6 Å². The Hall–Kier alpha value is -0.790. The standard InChI is InChI=1S/C11H10Cl2O/c12-8-11(14)7-10(13)6-9-4-2-1-3-5-9/h1-5,7H,6,8H2/b10-7-. The van der Waals surface area contributed by atoms with Gasteiger partial charge >= 0.3 is 0 Å². The van der Waals surface area contributed by atoms with Crippen LogP contribution in [0.4, 0.5) is 0 Å². The SMILES string of the molecule is O=C(/C=C(\Cl)Cc1ccccc1)CCl. The Morgan fingerprint density at radius 1 is 1.29 bits per heavy atom. The Morgan fingerprint density at radius 3 is 2.50 bits per heavy atom. The second-order valence-corrected chi connectivity index (χ2v) is 3.61. The summed E-state index contributed by atoms with van der Waals surface area (Å²) in [6.45, 7) is 0. The van der Waals surface area contributed by atoms with Crippen LogP contribution in [0.25, 0.3) is 0 Å². The molecule has 3 heteroatoms. The van der Waals surface area contributed by atoms with E-state index in [0.717, 1.165) is 5.56 Å². The molecule has 0 heterocycles. The van der Waals surface area contributed by atoms with Crippen molar-refractivity contribution in [2.75, 3.05) is 5.88 Å². The monoisotopic (exact) mass is 228 g/mol. The van der Waals surface area contributed by atoms with E-state index < -0.39 is 0 Å². The molecule has 0 spiro atoms. The highest BCUT2D eigenvalue weighted by Gasteiger charge is 1.99. The zero-order valence-corrected chi connectivity index (χ0v) is 9.05. The maximum Gasteiger partial charge on any atom is 0.171 e. The fraction of sp³-hybridized carbons (Fsp3) is 0.182. The second kappa shape index (κ2) is 5.84. The first-order chi connectivity index (χ1) is 6.72. The summed E-state index contributed by atoms with van der Waals surface area (Å²) in [5, 5.41) is 0.516. The van der Waals surface area contributed by atoms with Gasteiger partial charge in [0.1, 0.15) is 0 Å². The van der Waals surface area contributed by atoms with E-state index in [4.69, 9.17) is 23.2 Å². The number of carbonyl (C=O) groups excluding carboxylic acids is 1. The van der Waals surface area contributed by atoms with Crippen LogP contribution in [0, 0.1) is 0 Å². The van der Waals surface area contributed by atoms with E-state index in [9.17, 15) is 4.79 Å². The Kier molecular flexibility index (Phi) is 4.71. The smallest absolute Gasteiger partial charge is 0.171 e. The van der Waals surface area contributed by atoms with Gasteiger partial charge in [-0.3, -0.25) is 4.79 Å². The zero-order chi connectivity index (χ0) is 10.4. The molecule has 0 amide bonds. The van der Waals surface area contributed by atoms with Crippen LogP contribution in [0.2, 0.25) is 0 Å². The van der Waals surface area contributed by atoms with E-state index in [1.54, 1.807) is 0 Å². The van der Waals surface area contributed by atoms with Gasteiger partial charge in [0.2, 0.25) is 0 Å². The molecule has 1 nitrogen and oxygen atoms in total. The maximum atomic E-state index is 10.9. The molecule has 0 unspecified atom stereocenters. The molecule has 0 bridgehead atoms. The minimum atomic E-state index is -0.160. The van der Waals surface area contributed by atoms with E-state index in [-0.39, 0.29) is 11.7 Å². The van der Waals surface area contributed by atoms with Crippen molar-refractivity contribution in [3.8, 4) is 0 Å². The summed E-state index contributed by atoms with van der Waals surface area (Å²) >= 11 is 11.2. The largest absolute Gasteiger partial charge is 0.293 e.